The predicted octanol–water partition coefficient (Wildman–Crippen LogP) is 4.26. The van der Waals surface area contributed by atoms with Crippen molar-refractivity contribution in [2.45, 2.75) is 6.42 Å². The van der Waals surface area contributed by atoms with E-state index in [9.17, 15) is 0 Å². The molecule has 2 heteroatoms. The molecule has 0 fully saturated rings. The monoisotopic (exact) mass is 278 g/mol. The van der Waals surface area contributed by atoms with Crippen molar-refractivity contribution in [2.75, 3.05) is 32.6 Å². The minimum atomic E-state index is 1.06. The number of nitrogens with zero attached hydrogens (tertiary/aromatic N) is 2. The topological polar surface area (TPSA) is 6.48 Å². The van der Waals surface area contributed by atoms with Crippen molar-refractivity contribution >= 4 is 23.0 Å². The van der Waals surface area contributed by atoms with Crippen LogP contribution in [0.2, 0.25) is 0 Å². The number of para-hydroxylation sites is 2. The van der Waals surface area contributed by atoms with Gasteiger partial charge < -0.3 is 9.80 Å². The fourth-order valence-corrected chi connectivity index (χ4v) is 2.90. The molecule has 0 atom stereocenters. The Bertz CT molecular complexity index is 671. The van der Waals surface area contributed by atoms with E-state index in [0.29, 0.717) is 0 Å². The largest absolute Gasteiger partial charge is 0.344 e. The number of anilines is 2. The Morgan fingerprint density at radius 3 is 2.33 bits per heavy atom. The number of rotatable bonds is 3. The lowest BCUT2D eigenvalue weighted by Crippen LogP contribution is -2.14. The highest BCUT2D eigenvalue weighted by molar-refractivity contribution is 5.94. The zero-order valence-electron chi connectivity index (χ0n) is 13.0. The lowest BCUT2D eigenvalue weighted by molar-refractivity contribution is 0.420. The van der Waals surface area contributed by atoms with Crippen LogP contribution in [0.1, 0.15) is 17.5 Å². The molecule has 0 amide bonds. The molecule has 2 aromatic carbocycles. The van der Waals surface area contributed by atoms with Crippen LogP contribution in [-0.4, -0.2) is 32.6 Å². The molecule has 0 saturated carbocycles. The average molecular weight is 278 g/mol. The summed E-state index contributed by atoms with van der Waals surface area (Å²) in [5, 5.41) is 0. The molecule has 0 aromatic heterocycles. The van der Waals surface area contributed by atoms with Crippen LogP contribution in [0.15, 0.2) is 48.5 Å². The number of hydrogen-bond acceptors (Lipinski definition) is 2. The third kappa shape index (κ3) is 2.72. The van der Waals surface area contributed by atoms with Crippen molar-refractivity contribution in [1.29, 1.82) is 0 Å². The Balaban J connectivity index is 2.13. The first-order valence-corrected chi connectivity index (χ1v) is 7.44. The Kier molecular flexibility index (Phi) is 3.80. The van der Waals surface area contributed by atoms with Gasteiger partial charge in [0.15, 0.2) is 0 Å². The van der Waals surface area contributed by atoms with Crippen LogP contribution < -0.4 is 4.90 Å². The molecule has 2 aromatic rings. The number of benzene rings is 2. The lowest BCUT2D eigenvalue weighted by atomic mass is 9.99. The van der Waals surface area contributed by atoms with E-state index >= 15 is 0 Å². The molecule has 1 aliphatic rings. The fraction of sp³-hybridized carbons (Fsp3) is 0.263. The zero-order valence-corrected chi connectivity index (χ0v) is 13.0. The van der Waals surface area contributed by atoms with Crippen molar-refractivity contribution in [3.8, 4) is 0 Å². The van der Waals surface area contributed by atoms with E-state index in [2.05, 4.69) is 85.5 Å². The van der Waals surface area contributed by atoms with Crippen LogP contribution in [0.5, 0.6) is 0 Å². The lowest BCUT2D eigenvalue weighted by Gasteiger charge is -2.22. The minimum Gasteiger partial charge on any atom is -0.344 e. The molecule has 3 rings (SSSR count). The first kappa shape index (κ1) is 13.9. The Hall–Kier alpha value is -2.06. The summed E-state index contributed by atoms with van der Waals surface area (Å²) in [5.74, 6) is 0. The maximum Gasteiger partial charge on any atom is 0.0484 e. The third-order valence-electron chi connectivity index (χ3n) is 4.07. The van der Waals surface area contributed by atoms with Crippen LogP contribution in [0.3, 0.4) is 0 Å². The van der Waals surface area contributed by atoms with Gasteiger partial charge in [0.1, 0.15) is 0 Å². The van der Waals surface area contributed by atoms with Gasteiger partial charge in [-0.1, -0.05) is 36.4 Å². The molecular weight excluding hydrogens is 256 g/mol. The van der Waals surface area contributed by atoms with Crippen LogP contribution in [-0.2, 0) is 0 Å². The molecule has 1 aliphatic heterocycles. The van der Waals surface area contributed by atoms with Gasteiger partial charge in [-0.3, -0.25) is 0 Å². The summed E-state index contributed by atoms with van der Waals surface area (Å²) in [4.78, 5) is 4.54. The summed E-state index contributed by atoms with van der Waals surface area (Å²) in [6, 6.07) is 17.3. The first-order valence-electron chi connectivity index (χ1n) is 7.44. The molecule has 2 nitrogen and oxygen atoms in total. The normalized spacial score (nSPS) is 13.5. The van der Waals surface area contributed by atoms with Gasteiger partial charge in [-0.05, 0) is 49.9 Å². The van der Waals surface area contributed by atoms with E-state index in [1.165, 1.54) is 28.1 Å². The molecule has 0 aliphatic carbocycles. The number of hydrogen-bond donors (Lipinski definition) is 0. The van der Waals surface area contributed by atoms with Crippen molar-refractivity contribution in [3.63, 3.8) is 0 Å². The van der Waals surface area contributed by atoms with Crippen LogP contribution in [0.25, 0.3) is 11.6 Å². The minimum absolute atomic E-state index is 1.06. The Labute approximate surface area is 127 Å². The second-order valence-electron chi connectivity index (χ2n) is 5.86. The molecule has 0 saturated heterocycles. The second-order valence-corrected chi connectivity index (χ2v) is 5.86. The summed E-state index contributed by atoms with van der Waals surface area (Å²) in [5.41, 5.74) is 6.61. The van der Waals surface area contributed by atoms with Crippen LogP contribution in [0, 0.1) is 0 Å². The summed E-state index contributed by atoms with van der Waals surface area (Å²) in [6.45, 7) is 1.06. The van der Waals surface area contributed by atoms with Crippen molar-refractivity contribution in [3.05, 3.63) is 59.7 Å². The molecule has 21 heavy (non-hydrogen) atoms. The standard InChI is InChI=1S/C19H22N2/c1-20(2)13-12-15-14-16-8-4-6-10-18(16)21(3)19-11-7-5-9-17(15)19/h4-11,14H,12-13H2,1-3H3. The van der Waals surface area contributed by atoms with Crippen molar-refractivity contribution in [2.24, 2.45) is 0 Å². The van der Waals surface area contributed by atoms with Crippen molar-refractivity contribution in [1.82, 2.24) is 4.90 Å². The van der Waals surface area contributed by atoms with Gasteiger partial charge in [-0.15, -0.1) is 0 Å². The molecule has 1 heterocycles. The third-order valence-corrected chi connectivity index (χ3v) is 4.07. The zero-order chi connectivity index (χ0) is 14.8. The molecular formula is C19H22N2. The van der Waals surface area contributed by atoms with E-state index in [-0.39, 0.29) is 0 Å². The first-order chi connectivity index (χ1) is 10.2. The second kappa shape index (κ2) is 5.74. The number of fused-ring (bicyclic) bond motifs is 2. The molecule has 0 bridgehead atoms. The summed E-state index contributed by atoms with van der Waals surface area (Å²) in [7, 11) is 6.41. The van der Waals surface area contributed by atoms with E-state index in [1.807, 2.05) is 0 Å². The SMILES string of the molecule is CN(C)CCC1=Cc2ccccc2N(C)c2ccccc21. The molecule has 108 valence electrons. The summed E-state index contributed by atoms with van der Waals surface area (Å²) < 4.78 is 0. The molecule has 0 spiro atoms. The van der Waals surface area contributed by atoms with Crippen LogP contribution in [0.4, 0.5) is 11.4 Å². The molecule has 0 radical (unpaired) electrons. The highest BCUT2D eigenvalue weighted by Gasteiger charge is 2.18. The van der Waals surface area contributed by atoms with Gasteiger partial charge >= 0.3 is 0 Å². The Morgan fingerprint density at radius 1 is 0.905 bits per heavy atom. The fourth-order valence-electron chi connectivity index (χ4n) is 2.90. The van der Waals surface area contributed by atoms with E-state index in [4.69, 9.17) is 0 Å². The van der Waals surface area contributed by atoms with Gasteiger partial charge in [0, 0.05) is 30.5 Å². The predicted molar refractivity (Wildman–Crippen MR) is 92.0 cm³/mol. The summed E-state index contributed by atoms with van der Waals surface area (Å²) in [6.07, 6.45) is 3.41. The van der Waals surface area contributed by atoms with Gasteiger partial charge in [0.25, 0.3) is 0 Å². The van der Waals surface area contributed by atoms with Gasteiger partial charge in [0.2, 0.25) is 0 Å². The highest BCUT2D eigenvalue weighted by Crippen LogP contribution is 2.39. The highest BCUT2D eigenvalue weighted by atomic mass is 15.1. The van der Waals surface area contributed by atoms with E-state index < -0.39 is 0 Å². The molecule has 0 unspecified atom stereocenters. The smallest absolute Gasteiger partial charge is 0.0484 e. The average Bonchev–Trinajstić information content (AvgIpc) is 2.62. The maximum atomic E-state index is 2.35. The van der Waals surface area contributed by atoms with E-state index in [0.717, 1.165) is 13.0 Å². The summed E-state index contributed by atoms with van der Waals surface area (Å²) >= 11 is 0. The van der Waals surface area contributed by atoms with Gasteiger partial charge in [-0.2, -0.15) is 0 Å². The Morgan fingerprint density at radius 2 is 1.57 bits per heavy atom. The van der Waals surface area contributed by atoms with Crippen LogP contribution >= 0.6 is 0 Å². The van der Waals surface area contributed by atoms with Gasteiger partial charge in [-0.25, -0.2) is 0 Å². The van der Waals surface area contributed by atoms with Gasteiger partial charge in [0.05, 0.1) is 0 Å². The van der Waals surface area contributed by atoms with E-state index in [1.54, 1.807) is 0 Å². The quantitative estimate of drug-likeness (QED) is 0.827. The molecule has 0 N–H and O–H groups in total. The van der Waals surface area contributed by atoms with Crippen molar-refractivity contribution < 1.29 is 0 Å². The maximum absolute atomic E-state index is 2.35.